The number of H-pyrrole nitrogens is 1. The average Bonchev–Trinajstić information content (AvgIpc) is 3.75. The Labute approximate surface area is 382 Å². The molecule has 2 aromatic heterocycles. The van der Waals surface area contributed by atoms with Crippen molar-refractivity contribution in [3.05, 3.63) is 111 Å². The van der Waals surface area contributed by atoms with Crippen LogP contribution in [0.15, 0.2) is 89.6 Å². The highest BCUT2D eigenvalue weighted by Gasteiger charge is 2.33. The Balaban J connectivity index is 0.895. The molecule has 5 aromatic rings. The highest BCUT2D eigenvalue weighted by atomic mass is 35.5. The predicted octanol–water partition coefficient (Wildman–Crippen LogP) is 9.16. The van der Waals surface area contributed by atoms with E-state index in [9.17, 15) is 20.0 Å². The molecule has 2 fully saturated rings. The maximum atomic E-state index is 14.0. The summed E-state index contributed by atoms with van der Waals surface area (Å²) in [6.07, 6.45) is 8.08. The number of piperazine rings is 1. The highest BCUT2D eigenvalue weighted by Crippen LogP contribution is 2.44. The number of likely N-dealkylation sites (tertiary alicyclic amines) is 1. The molecular formula is C48H55ClN8O6S. The van der Waals surface area contributed by atoms with Crippen molar-refractivity contribution < 1.29 is 24.3 Å². The number of aromatic nitrogens is 2. The Bertz CT molecular complexity index is 2560. The van der Waals surface area contributed by atoms with Crippen LogP contribution in [0.2, 0.25) is 5.02 Å². The molecule has 2 saturated heterocycles. The molecule has 16 heteroatoms. The molecule has 336 valence electrons. The van der Waals surface area contributed by atoms with Crippen molar-refractivity contribution in [2.24, 2.45) is 5.41 Å². The molecule has 4 N–H and O–H groups in total. The quantitative estimate of drug-likeness (QED) is 0.0535. The molecule has 3 aromatic carbocycles. The van der Waals surface area contributed by atoms with E-state index in [2.05, 4.69) is 60.7 Å². The fourth-order valence-electron chi connectivity index (χ4n) is 9.24. The van der Waals surface area contributed by atoms with Crippen LogP contribution in [0.5, 0.6) is 17.2 Å². The Morgan fingerprint density at radius 3 is 2.56 bits per heavy atom. The van der Waals surface area contributed by atoms with Crippen molar-refractivity contribution in [3.63, 3.8) is 0 Å². The van der Waals surface area contributed by atoms with Crippen molar-refractivity contribution in [1.82, 2.24) is 24.5 Å². The van der Waals surface area contributed by atoms with Crippen LogP contribution >= 0.6 is 23.5 Å². The number of pyridine rings is 1. The Morgan fingerprint density at radius 1 is 1.02 bits per heavy atom. The number of allylic oxidation sites excluding steroid dienone is 1. The Morgan fingerprint density at radius 2 is 1.80 bits per heavy atom. The molecule has 0 saturated carbocycles. The molecule has 1 amide bonds. The van der Waals surface area contributed by atoms with E-state index in [1.165, 1.54) is 29.2 Å². The first-order valence-electron chi connectivity index (χ1n) is 22.1. The maximum absolute atomic E-state index is 14.0. The zero-order valence-corrected chi connectivity index (χ0v) is 38.1. The molecular weight excluding hydrogens is 852 g/mol. The van der Waals surface area contributed by atoms with E-state index in [1.807, 2.05) is 49.5 Å². The topological polar surface area (TPSA) is 161 Å². The maximum Gasteiger partial charge on any atom is 0.297 e. The second-order valence-electron chi connectivity index (χ2n) is 18.6. The van der Waals surface area contributed by atoms with E-state index in [-0.39, 0.29) is 17.1 Å². The summed E-state index contributed by atoms with van der Waals surface area (Å²) in [6, 6.07) is 20.7. The van der Waals surface area contributed by atoms with E-state index in [1.54, 1.807) is 18.3 Å². The number of hydrogen-bond donors (Lipinski definition) is 4. The SMILES string of the molecule is CC1(C)CCC(CN2CCN(c3ccc(C(=O)NSc4cc5c(c([N+](=O)[O-])c4)N[C@@H](CN4CCC(C)(O)CC4)CO5)c(Oc4cnc5[nH]ccc5c4)c3)CC2)=C(c2ccc(Cl)cc2)C1. The molecule has 64 heavy (non-hydrogen) atoms. The Hall–Kier alpha value is -5.32. The van der Waals surface area contributed by atoms with Crippen LogP contribution in [0, 0.1) is 15.5 Å². The third-order valence-corrected chi connectivity index (χ3v) is 14.1. The molecule has 3 aliphatic heterocycles. The Kier molecular flexibility index (Phi) is 12.5. The molecule has 14 nitrogen and oxygen atoms in total. The van der Waals surface area contributed by atoms with Crippen LogP contribution in [0.1, 0.15) is 68.8 Å². The van der Waals surface area contributed by atoms with Gasteiger partial charge in [-0.3, -0.25) is 24.5 Å². The minimum Gasteiger partial charge on any atom is -0.489 e. The molecule has 5 heterocycles. The largest absolute Gasteiger partial charge is 0.489 e. The third kappa shape index (κ3) is 10.1. The molecule has 4 aliphatic rings. The van der Waals surface area contributed by atoms with Crippen molar-refractivity contribution in [2.45, 2.75) is 69.4 Å². The molecule has 0 unspecified atom stereocenters. The molecule has 1 aliphatic carbocycles. The standard InChI is InChI=1S/C48H55ClN8O6S/c1-47(2)12-10-33(40(26-47)31-4-6-34(49)7-5-31)28-55-18-20-56(21-19-55)36-8-9-39(42(23-36)63-37-22-32-11-15-50-45(32)51-27-37)46(58)53-64-38-24-41(57(60)61)44-43(25-38)62-30-35(52-44)29-54-16-13-48(3,59)14-17-54/h4-9,11,15,22-25,27,35,52,59H,10,12-14,16-21,26,28-30H2,1-3H3,(H,50,51)(H,53,58)/t35-/m0/s1. The van der Waals surface area contributed by atoms with Gasteiger partial charge in [0.1, 0.15) is 23.8 Å². The number of halogens is 1. The second kappa shape index (κ2) is 18.3. The number of amides is 1. The number of nitro groups is 1. The highest BCUT2D eigenvalue weighted by molar-refractivity contribution is 7.98. The van der Waals surface area contributed by atoms with Gasteiger partial charge < -0.3 is 34.7 Å². The molecule has 9 rings (SSSR count). The van der Waals surface area contributed by atoms with Gasteiger partial charge in [0, 0.05) is 91.7 Å². The van der Waals surface area contributed by atoms with Gasteiger partial charge in [0.15, 0.2) is 11.4 Å². The van der Waals surface area contributed by atoms with Crippen LogP contribution < -0.4 is 24.4 Å². The first-order chi connectivity index (χ1) is 30.7. The summed E-state index contributed by atoms with van der Waals surface area (Å²) < 4.78 is 15.4. The van der Waals surface area contributed by atoms with Gasteiger partial charge in [0.2, 0.25) is 0 Å². The first-order valence-corrected chi connectivity index (χ1v) is 23.3. The summed E-state index contributed by atoms with van der Waals surface area (Å²) in [6.45, 7) is 13.3. The lowest BCUT2D eigenvalue weighted by atomic mass is 9.72. The van der Waals surface area contributed by atoms with Gasteiger partial charge >= 0.3 is 0 Å². The van der Waals surface area contributed by atoms with E-state index in [4.69, 9.17) is 21.1 Å². The number of anilines is 2. The van der Waals surface area contributed by atoms with Crippen molar-refractivity contribution in [3.8, 4) is 17.2 Å². The van der Waals surface area contributed by atoms with Crippen LogP contribution in [0.25, 0.3) is 16.6 Å². The third-order valence-electron chi connectivity index (χ3n) is 13.1. The lowest BCUT2D eigenvalue weighted by Gasteiger charge is -2.39. The number of ether oxygens (including phenoxy) is 2. The van der Waals surface area contributed by atoms with E-state index in [0.717, 1.165) is 92.3 Å². The van der Waals surface area contributed by atoms with Crippen molar-refractivity contribution in [2.75, 3.05) is 69.2 Å². The zero-order valence-electron chi connectivity index (χ0n) is 36.5. The van der Waals surface area contributed by atoms with Gasteiger partial charge in [-0.25, -0.2) is 4.98 Å². The number of piperidine rings is 1. The second-order valence-corrected chi connectivity index (χ2v) is 19.9. The number of carbonyl (C=O) groups is 1. The summed E-state index contributed by atoms with van der Waals surface area (Å²) in [4.78, 5) is 41.1. The number of rotatable bonds is 12. The van der Waals surface area contributed by atoms with E-state index < -0.39 is 16.4 Å². The van der Waals surface area contributed by atoms with Gasteiger partial charge in [0.05, 0.1) is 28.3 Å². The predicted molar refractivity (Wildman–Crippen MR) is 253 cm³/mol. The van der Waals surface area contributed by atoms with Gasteiger partial charge in [-0.05, 0) is 110 Å². The number of aromatic amines is 1. The number of aliphatic hydroxyl groups is 1. The van der Waals surface area contributed by atoms with Gasteiger partial charge in [-0.2, -0.15) is 0 Å². The number of nitro benzene ring substituents is 1. The monoisotopic (exact) mass is 906 g/mol. The van der Waals surface area contributed by atoms with Crippen molar-refractivity contribution >= 4 is 63.1 Å². The minimum atomic E-state index is -0.665. The summed E-state index contributed by atoms with van der Waals surface area (Å²) in [5.41, 5.74) is 5.96. The average molecular weight is 908 g/mol. The van der Waals surface area contributed by atoms with Crippen LogP contribution in [-0.2, 0) is 0 Å². The van der Waals surface area contributed by atoms with Crippen molar-refractivity contribution in [1.29, 1.82) is 0 Å². The summed E-state index contributed by atoms with van der Waals surface area (Å²) in [7, 11) is 0. The normalized spacial score (nSPS) is 20.0. The minimum absolute atomic E-state index is 0.136. The van der Waals surface area contributed by atoms with Crippen LogP contribution in [-0.4, -0.2) is 106 Å². The lowest BCUT2D eigenvalue weighted by Crippen LogP contribution is -2.48. The fourth-order valence-corrected chi connectivity index (χ4v) is 10.0. The fraction of sp³-hybridized carbons (Fsp3) is 0.417. The van der Waals surface area contributed by atoms with Crippen LogP contribution in [0.3, 0.4) is 0 Å². The van der Waals surface area contributed by atoms with E-state index >= 15 is 0 Å². The molecule has 0 spiro atoms. The lowest BCUT2D eigenvalue weighted by molar-refractivity contribution is -0.384. The smallest absolute Gasteiger partial charge is 0.297 e. The summed E-state index contributed by atoms with van der Waals surface area (Å²) in [5.74, 6) is 0.778. The van der Waals surface area contributed by atoms with Gasteiger partial charge in [0.25, 0.3) is 11.6 Å². The zero-order chi connectivity index (χ0) is 44.6. The first kappa shape index (κ1) is 43.9. The summed E-state index contributed by atoms with van der Waals surface area (Å²) in [5, 5.41) is 27.7. The number of hydrogen-bond acceptors (Lipinski definition) is 12. The number of fused-ring (bicyclic) bond motifs is 2. The van der Waals surface area contributed by atoms with Gasteiger partial charge in [-0.1, -0.05) is 43.2 Å². The number of nitrogens with one attached hydrogen (secondary N) is 3. The molecule has 1 atom stereocenters. The van der Waals surface area contributed by atoms with E-state index in [0.29, 0.717) is 59.4 Å². The van der Waals surface area contributed by atoms with Gasteiger partial charge in [-0.15, -0.1) is 0 Å². The van der Waals surface area contributed by atoms with Crippen LogP contribution in [0.4, 0.5) is 17.1 Å². The molecule has 0 radical (unpaired) electrons. The summed E-state index contributed by atoms with van der Waals surface area (Å²) >= 11 is 7.24. The number of nitrogens with zero attached hydrogens (tertiary/aromatic N) is 5. The number of carbonyl (C=O) groups excluding carboxylic acids is 1. The number of benzene rings is 3. The molecule has 0 bridgehead atoms.